The molecular weight excluding hydrogens is 248 g/mol. The summed E-state index contributed by atoms with van der Waals surface area (Å²) in [5, 5.41) is 0. The van der Waals surface area contributed by atoms with Crippen LogP contribution in [0.3, 0.4) is 0 Å². The Morgan fingerprint density at radius 1 is 1.15 bits per heavy atom. The number of hydrogen-bond donors (Lipinski definition) is 0. The summed E-state index contributed by atoms with van der Waals surface area (Å²) in [6.45, 7) is 3.95. The predicted molar refractivity (Wildman–Crippen MR) is 81.4 cm³/mol. The molecule has 1 aliphatic carbocycles. The zero-order chi connectivity index (χ0) is 13.9. The normalized spacial score (nSPS) is 21.6. The van der Waals surface area contributed by atoms with Gasteiger partial charge in [0, 0.05) is 32.4 Å². The molecule has 1 aromatic carbocycles. The molecule has 20 heavy (non-hydrogen) atoms. The molecule has 0 bridgehead atoms. The van der Waals surface area contributed by atoms with Crippen molar-refractivity contribution in [2.24, 2.45) is 5.92 Å². The third-order valence-electron chi connectivity index (χ3n) is 4.16. The van der Waals surface area contributed by atoms with E-state index in [0.717, 1.165) is 24.7 Å². The molecule has 3 heteroatoms. The van der Waals surface area contributed by atoms with Gasteiger partial charge in [-0.15, -0.1) is 0 Å². The van der Waals surface area contributed by atoms with Crippen LogP contribution < -0.4 is 4.74 Å². The van der Waals surface area contributed by atoms with Crippen LogP contribution >= 0.6 is 0 Å². The Balaban J connectivity index is 1.62. The molecule has 0 aromatic heterocycles. The number of ether oxygens (including phenoxy) is 1. The molecule has 1 unspecified atom stereocenters. The van der Waals surface area contributed by atoms with Crippen LogP contribution in [0, 0.1) is 5.92 Å². The molecule has 1 heterocycles. The zero-order valence-electron chi connectivity index (χ0n) is 12.5. The molecule has 0 spiro atoms. The topological polar surface area (TPSA) is 15.7 Å². The van der Waals surface area contributed by atoms with Crippen molar-refractivity contribution in [3.05, 3.63) is 42.2 Å². The van der Waals surface area contributed by atoms with Crippen molar-refractivity contribution < 1.29 is 4.74 Å². The molecule has 0 saturated heterocycles. The lowest BCUT2D eigenvalue weighted by atomic mass is 10.1. The van der Waals surface area contributed by atoms with E-state index in [1.165, 1.54) is 24.9 Å². The van der Waals surface area contributed by atoms with Gasteiger partial charge >= 0.3 is 0 Å². The lowest BCUT2D eigenvalue weighted by Crippen LogP contribution is -2.39. The maximum absolute atomic E-state index is 5.50. The van der Waals surface area contributed by atoms with Gasteiger partial charge in [0.1, 0.15) is 11.9 Å². The standard InChI is InChI=1S/C17H24N2O/c1-3-20-16-8-6-14(7-9-16)12-17-18(2)10-11-19(17)13-15-4-5-15/h6-11,15,17H,3-5,12-13H2,1-2H3. The Kier molecular flexibility index (Phi) is 3.86. The van der Waals surface area contributed by atoms with E-state index in [9.17, 15) is 0 Å². The summed E-state index contributed by atoms with van der Waals surface area (Å²) >= 11 is 0. The quantitative estimate of drug-likeness (QED) is 0.791. The summed E-state index contributed by atoms with van der Waals surface area (Å²) in [7, 11) is 2.17. The van der Waals surface area contributed by atoms with Crippen molar-refractivity contribution in [3.8, 4) is 5.75 Å². The fraction of sp³-hybridized carbons (Fsp3) is 0.529. The van der Waals surface area contributed by atoms with E-state index in [4.69, 9.17) is 4.74 Å². The Labute approximate surface area is 121 Å². The van der Waals surface area contributed by atoms with E-state index < -0.39 is 0 Å². The van der Waals surface area contributed by atoms with Gasteiger partial charge in [0.2, 0.25) is 0 Å². The van der Waals surface area contributed by atoms with Crippen LogP contribution in [-0.2, 0) is 6.42 Å². The zero-order valence-corrected chi connectivity index (χ0v) is 12.5. The lowest BCUT2D eigenvalue weighted by Gasteiger charge is -2.30. The Hall–Kier alpha value is -1.64. The molecular formula is C17H24N2O. The first kappa shape index (κ1) is 13.3. The maximum atomic E-state index is 5.50. The van der Waals surface area contributed by atoms with E-state index in [2.05, 4.69) is 53.5 Å². The van der Waals surface area contributed by atoms with E-state index in [1.54, 1.807) is 0 Å². The van der Waals surface area contributed by atoms with Gasteiger partial charge in [0.05, 0.1) is 6.61 Å². The van der Waals surface area contributed by atoms with Crippen molar-refractivity contribution >= 4 is 0 Å². The predicted octanol–water partition coefficient (Wildman–Crippen LogP) is 3.08. The van der Waals surface area contributed by atoms with Crippen molar-refractivity contribution in [3.63, 3.8) is 0 Å². The summed E-state index contributed by atoms with van der Waals surface area (Å²) in [6.07, 6.45) is 8.78. The van der Waals surface area contributed by atoms with Crippen LogP contribution in [0.2, 0.25) is 0 Å². The number of likely N-dealkylation sites (N-methyl/N-ethyl adjacent to an activating group) is 1. The van der Waals surface area contributed by atoms with Crippen LogP contribution in [0.1, 0.15) is 25.3 Å². The third-order valence-corrected chi connectivity index (χ3v) is 4.16. The average molecular weight is 272 g/mol. The van der Waals surface area contributed by atoms with Gasteiger partial charge in [-0.2, -0.15) is 0 Å². The summed E-state index contributed by atoms with van der Waals surface area (Å²) < 4.78 is 5.50. The minimum absolute atomic E-state index is 0.466. The van der Waals surface area contributed by atoms with Crippen LogP contribution in [0.5, 0.6) is 5.75 Å². The van der Waals surface area contributed by atoms with Crippen molar-refractivity contribution in [2.45, 2.75) is 32.4 Å². The second kappa shape index (κ2) is 5.78. The second-order valence-corrected chi connectivity index (χ2v) is 5.87. The van der Waals surface area contributed by atoms with Gasteiger partial charge in [0.15, 0.2) is 0 Å². The summed E-state index contributed by atoms with van der Waals surface area (Å²) in [4.78, 5) is 4.81. The van der Waals surface area contributed by atoms with Crippen molar-refractivity contribution in [1.82, 2.24) is 9.80 Å². The maximum Gasteiger partial charge on any atom is 0.119 e. The molecule has 1 fully saturated rings. The number of benzene rings is 1. The molecule has 3 rings (SSSR count). The first-order chi connectivity index (χ1) is 9.76. The smallest absolute Gasteiger partial charge is 0.119 e. The van der Waals surface area contributed by atoms with Gasteiger partial charge in [0.25, 0.3) is 0 Å². The fourth-order valence-electron chi connectivity index (χ4n) is 2.77. The molecule has 3 nitrogen and oxygen atoms in total. The molecule has 2 aliphatic rings. The molecule has 0 radical (unpaired) electrons. The van der Waals surface area contributed by atoms with Gasteiger partial charge < -0.3 is 14.5 Å². The molecule has 1 aromatic rings. The van der Waals surface area contributed by atoms with Crippen molar-refractivity contribution in [2.75, 3.05) is 20.2 Å². The summed E-state index contributed by atoms with van der Waals surface area (Å²) in [5.41, 5.74) is 1.37. The average Bonchev–Trinajstić information content (AvgIpc) is 3.20. The van der Waals surface area contributed by atoms with Crippen LogP contribution in [-0.4, -0.2) is 36.2 Å². The van der Waals surface area contributed by atoms with Gasteiger partial charge in [-0.05, 0) is 43.4 Å². The monoisotopic (exact) mass is 272 g/mol. The number of nitrogens with zero attached hydrogens (tertiary/aromatic N) is 2. The highest BCUT2D eigenvalue weighted by Crippen LogP contribution is 2.32. The fourth-order valence-corrected chi connectivity index (χ4v) is 2.77. The second-order valence-electron chi connectivity index (χ2n) is 5.87. The highest BCUT2D eigenvalue weighted by Gasteiger charge is 2.30. The molecule has 1 saturated carbocycles. The van der Waals surface area contributed by atoms with Gasteiger partial charge in [-0.1, -0.05) is 12.1 Å². The summed E-state index contributed by atoms with van der Waals surface area (Å²) in [5.74, 6) is 1.89. The van der Waals surface area contributed by atoms with Crippen LogP contribution in [0.25, 0.3) is 0 Å². The van der Waals surface area contributed by atoms with E-state index >= 15 is 0 Å². The Bertz CT molecular complexity index is 464. The summed E-state index contributed by atoms with van der Waals surface area (Å²) in [6, 6.07) is 8.53. The molecule has 1 atom stereocenters. The largest absolute Gasteiger partial charge is 0.494 e. The van der Waals surface area contributed by atoms with E-state index in [0.29, 0.717) is 6.17 Å². The van der Waals surface area contributed by atoms with Crippen LogP contribution in [0.15, 0.2) is 36.7 Å². The minimum Gasteiger partial charge on any atom is -0.494 e. The van der Waals surface area contributed by atoms with Crippen LogP contribution in [0.4, 0.5) is 0 Å². The van der Waals surface area contributed by atoms with Crippen molar-refractivity contribution in [1.29, 1.82) is 0 Å². The molecule has 1 aliphatic heterocycles. The highest BCUT2D eigenvalue weighted by atomic mass is 16.5. The number of rotatable bonds is 6. The highest BCUT2D eigenvalue weighted by molar-refractivity contribution is 5.28. The minimum atomic E-state index is 0.466. The van der Waals surface area contributed by atoms with E-state index in [-0.39, 0.29) is 0 Å². The van der Waals surface area contributed by atoms with Gasteiger partial charge in [-0.3, -0.25) is 0 Å². The Morgan fingerprint density at radius 2 is 1.90 bits per heavy atom. The lowest BCUT2D eigenvalue weighted by molar-refractivity contribution is 0.170. The SMILES string of the molecule is CCOc1ccc(CC2N(C)C=CN2CC2CC2)cc1. The first-order valence-electron chi connectivity index (χ1n) is 7.64. The number of hydrogen-bond acceptors (Lipinski definition) is 3. The van der Waals surface area contributed by atoms with E-state index in [1.807, 2.05) is 6.92 Å². The molecule has 108 valence electrons. The Morgan fingerprint density at radius 3 is 2.55 bits per heavy atom. The molecule has 0 amide bonds. The molecule has 0 N–H and O–H groups in total. The van der Waals surface area contributed by atoms with Gasteiger partial charge in [-0.25, -0.2) is 0 Å². The first-order valence-corrected chi connectivity index (χ1v) is 7.64. The third kappa shape index (κ3) is 3.09.